The molecule has 5 heteroatoms. The summed E-state index contributed by atoms with van der Waals surface area (Å²) in [5.74, 6) is 0.398. The highest BCUT2D eigenvalue weighted by atomic mass is 16.3. The first kappa shape index (κ1) is 17.3. The molecule has 3 atom stereocenters. The van der Waals surface area contributed by atoms with E-state index >= 15 is 0 Å². The highest BCUT2D eigenvalue weighted by Gasteiger charge is 2.30. The minimum Gasteiger partial charge on any atom is -0.507 e. The average molecular weight is 339 g/mol. The van der Waals surface area contributed by atoms with Gasteiger partial charge in [0.25, 0.3) is 0 Å². The number of aromatic hydroxyl groups is 2. The molecule has 0 bridgehead atoms. The van der Waals surface area contributed by atoms with Crippen LogP contribution in [0.3, 0.4) is 0 Å². The molecule has 0 aliphatic heterocycles. The van der Waals surface area contributed by atoms with E-state index < -0.39 is 0 Å². The summed E-state index contributed by atoms with van der Waals surface area (Å²) < 4.78 is 1.69. The largest absolute Gasteiger partial charge is 0.507 e. The zero-order chi connectivity index (χ0) is 18.1. The van der Waals surface area contributed by atoms with Gasteiger partial charge in [0.05, 0.1) is 12.2 Å². The second kappa shape index (κ2) is 6.75. The first-order valence-electron chi connectivity index (χ1n) is 8.62. The van der Waals surface area contributed by atoms with E-state index in [1.807, 2.05) is 13.8 Å². The predicted molar refractivity (Wildman–Crippen MR) is 97.6 cm³/mol. The number of allylic oxidation sites excluding steroid dienone is 3. The summed E-state index contributed by atoms with van der Waals surface area (Å²) in [5, 5.41) is 29.2. The lowest BCUT2D eigenvalue weighted by molar-refractivity contribution is 0.404. The van der Waals surface area contributed by atoms with Gasteiger partial charge in [-0.05, 0) is 57.2 Å². The van der Waals surface area contributed by atoms with Gasteiger partial charge in [0.2, 0.25) is 0 Å². The molecular weight excluding hydrogens is 314 g/mol. The van der Waals surface area contributed by atoms with Crippen molar-refractivity contribution in [3.05, 3.63) is 59.5 Å². The van der Waals surface area contributed by atoms with Crippen molar-refractivity contribution in [1.29, 1.82) is 0 Å². The van der Waals surface area contributed by atoms with E-state index in [-0.39, 0.29) is 29.4 Å². The van der Waals surface area contributed by atoms with Gasteiger partial charge in [-0.3, -0.25) is 0 Å². The Bertz CT molecular complexity index is 785. The van der Waals surface area contributed by atoms with Gasteiger partial charge in [-0.1, -0.05) is 29.0 Å². The first-order valence-corrected chi connectivity index (χ1v) is 8.62. The van der Waals surface area contributed by atoms with Crippen LogP contribution in [0.5, 0.6) is 11.5 Å². The Morgan fingerprint density at radius 2 is 2.00 bits per heavy atom. The second-order valence-corrected chi connectivity index (χ2v) is 7.06. The number of hydrogen-bond acceptors (Lipinski definition) is 4. The van der Waals surface area contributed by atoms with E-state index in [0.717, 1.165) is 24.0 Å². The Balaban J connectivity index is 2.03. The van der Waals surface area contributed by atoms with E-state index in [4.69, 9.17) is 0 Å². The van der Waals surface area contributed by atoms with Gasteiger partial charge in [-0.15, -0.1) is 5.10 Å². The molecule has 3 rings (SSSR count). The van der Waals surface area contributed by atoms with Crippen LogP contribution in [0.2, 0.25) is 0 Å². The van der Waals surface area contributed by atoms with E-state index in [0.29, 0.717) is 5.56 Å². The third kappa shape index (κ3) is 3.31. The van der Waals surface area contributed by atoms with Crippen LogP contribution in [0.4, 0.5) is 0 Å². The van der Waals surface area contributed by atoms with Gasteiger partial charge in [-0.25, -0.2) is 4.68 Å². The highest BCUT2D eigenvalue weighted by Crippen LogP contribution is 2.46. The van der Waals surface area contributed by atoms with Gasteiger partial charge in [0.1, 0.15) is 11.5 Å². The molecule has 0 spiro atoms. The van der Waals surface area contributed by atoms with Crippen LogP contribution in [0.25, 0.3) is 0 Å². The molecule has 0 saturated carbocycles. The third-order valence-electron chi connectivity index (χ3n) is 5.19. The van der Waals surface area contributed by atoms with Gasteiger partial charge < -0.3 is 10.2 Å². The maximum Gasteiger partial charge on any atom is 0.123 e. The zero-order valence-corrected chi connectivity index (χ0v) is 15.0. The third-order valence-corrected chi connectivity index (χ3v) is 5.19. The Kier molecular flexibility index (Phi) is 4.66. The molecular formula is C20H25N3O2. The predicted octanol–water partition coefficient (Wildman–Crippen LogP) is 4.31. The molecule has 132 valence electrons. The van der Waals surface area contributed by atoms with Crippen molar-refractivity contribution in [2.75, 3.05) is 0 Å². The van der Waals surface area contributed by atoms with Gasteiger partial charge in [0.15, 0.2) is 0 Å². The molecule has 5 nitrogen and oxygen atoms in total. The minimum atomic E-state index is -0.131. The molecule has 0 radical (unpaired) electrons. The highest BCUT2D eigenvalue weighted by molar-refractivity contribution is 5.52. The minimum absolute atomic E-state index is 0.0537. The molecule has 25 heavy (non-hydrogen) atoms. The Hall–Kier alpha value is -2.56. The second-order valence-electron chi connectivity index (χ2n) is 7.06. The van der Waals surface area contributed by atoms with Crippen LogP contribution in [0.15, 0.2) is 48.3 Å². The lowest BCUT2D eigenvalue weighted by Gasteiger charge is -2.31. The Morgan fingerprint density at radius 1 is 1.32 bits per heavy atom. The fraction of sp³-hybridized carbons (Fsp3) is 0.400. The molecule has 1 unspecified atom stereocenters. The summed E-state index contributed by atoms with van der Waals surface area (Å²) >= 11 is 0. The lowest BCUT2D eigenvalue weighted by atomic mass is 9.73. The molecule has 1 aromatic carbocycles. The summed E-state index contributed by atoms with van der Waals surface area (Å²) in [6.07, 6.45) is 7.53. The first-order chi connectivity index (χ1) is 11.9. The molecule has 1 aliphatic carbocycles. The van der Waals surface area contributed by atoms with Crippen LogP contribution in [-0.2, 0) is 0 Å². The van der Waals surface area contributed by atoms with E-state index in [1.165, 1.54) is 5.57 Å². The maximum atomic E-state index is 10.7. The molecule has 1 aromatic heterocycles. The number of hydrogen-bond donors (Lipinski definition) is 2. The van der Waals surface area contributed by atoms with Crippen molar-refractivity contribution in [2.45, 2.75) is 45.6 Å². The summed E-state index contributed by atoms with van der Waals surface area (Å²) in [7, 11) is 0. The molecule has 2 aromatic rings. The van der Waals surface area contributed by atoms with E-state index in [9.17, 15) is 10.2 Å². The summed E-state index contributed by atoms with van der Waals surface area (Å²) in [5.41, 5.74) is 3.73. The standard InChI is InChI=1S/C20H25N3O2/c1-12(2)16-6-5-13(3)9-17(16)20-18(24)10-15(11-19(20)25)14(4)23-8-7-21-22-23/h7-11,14,16-17,24-25H,1,5-6H2,2-4H3/t14?,16-,17+/m0/s1. The van der Waals surface area contributed by atoms with Gasteiger partial charge >= 0.3 is 0 Å². The molecule has 0 saturated heterocycles. The van der Waals surface area contributed by atoms with Gasteiger partial charge in [-0.2, -0.15) is 0 Å². The van der Waals surface area contributed by atoms with Crippen molar-refractivity contribution < 1.29 is 10.2 Å². The number of rotatable bonds is 4. The maximum absolute atomic E-state index is 10.7. The SMILES string of the molecule is C=C(C)[C@@H]1CCC(C)=C[C@H]1c1c(O)cc(C(C)n2ccnn2)cc1O. The molecule has 1 heterocycles. The fourth-order valence-corrected chi connectivity index (χ4v) is 3.71. The van der Waals surface area contributed by atoms with Crippen LogP contribution in [0.1, 0.15) is 56.7 Å². The average Bonchev–Trinajstić information content (AvgIpc) is 3.07. The van der Waals surface area contributed by atoms with Crippen molar-refractivity contribution in [3.63, 3.8) is 0 Å². The topological polar surface area (TPSA) is 71.2 Å². The van der Waals surface area contributed by atoms with Crippen LogP contribution in [-0.4, -0.2) is 25.2 Å². The number of benzene rings is 1. The number of nitrogens with zero attached hydrogens (tertiary/aromatic N) is 3. The van der Waals surface area contributed by atoms with Crippen molar-refractivity contribution in [3.8, 4) is 11.5 Å². The zero-order valence-electron chi connectivity index (χ0n) is 15.0. The van der Waals surface area contributed by atoms with Crippen molar-refractivity contribution in [1.82, 2.24) is 15.0 Å². The van der Waals surface area contributed by atoms with Gasteiger partial charge in [0, 0.05) is 17.7 Å². The summed E-state index contributed by atoms with van der Waals surface area (Å²) in [4.78, 5) is 0. The van der Waals surface area contributed by atoms with Crippen molar-refractivity contribution >= 4 is 0 Å². The molecule has 0 fully saturated rings. The molecule has 0 amide bonds. The quantitative estimate of drug-likeness (QED) is 0.814. The van der Waals surface area contributed by atoms with Crippen LogP contribution >= 0.6 is 0 Å². The number of phenolic OH excluding ortho intramolecular Hbond substituents is 2. The fourth-order valence-electron chi connectivity index (χ4n) is 3.71. The Morgan fingerprint density at radius 3 is 2.56 bits per heavy atom. The van der Waals surface area contributed by atoms with Crippen LogP contribution in [0, 0.1) is 5.92 Å². The Labute approximate surface area is 148 Å². The van der Waals surface area contributed by atoms with E-state index in [2.05, 4.69) is 29.9 Å². The molecule has 2 N–H and O–H groups in total. The summed E-state index contributed by atoms with van der Waals surface area (Å²) in [6.45, 7) is 10.2. The lowest BCUT2D eigenvalue weighted by Crippen LogP contribution is -2.17. The van der Waals surface area contributed by atoms with Crippen LogP contribution < -0.4 is 0 Å². The monoisotopic (exact) mass is 339 g/mol. The summed E-state index contributed by atoms with van der Waals surface area (Å²) in [6, 6.07) is 3.30. The van der Waals surface area contributed by atoms with Crippen molar-refractivity contribution in [2.24, 2.45) is 5.92 Å². The molecule has 1 aliphatic rings. The number of phenols is 2. The normalized spacial score (nSPS) is 21.6. The number of aromatic nitrogens is 3. The smallest absolute Gasteiger partial charge is 0.123 e. The van der Waals surface area contributed by atoms with E-state index in [1.54, 1.807) is 29.2 Å².